The van der Waals surface area contributed by atoms with Crippen LogP contribution >= 0.6 is 0 Å². The smallest absolute Gasteiger partial charge is 0.311 e. The summed E-state index contributed by atoms with van der Waals surface area (Å²) >= 11 is 0. The second-order valence-electron chi connectivity index (χ2n) is 3.80. The Hall–Kier alpha value is -2.16. The van der Waals surface area contributed by atoms with Crippen LogP contribution in [0.4, 0.5) is 11.5 Å². The molecule has 0 saturated carbocycles. The van der Waals surface area contributed by atoms with E-state index >= 15 is 0 Å². The van der Waals surface area contributed by atoms with Crippen molar-refractivity contribution in [1.82, 2.24) is 4.98 Å². The van der Waals surface area contributed by atoms with Crippen LogP contribution in [0.1, 0.15) is 20.3 Å². The molecule has 1 aromatic heterocycles. The number of pyridine rings is 1. The van der Waals surface area contributed by atoms with E-state index in [0.29, 0.717) is 18.8 Å². The maximum Gasteiger partial charge on any atom is 0.311 e. The van der Waals surface area contributed by atoms with Crippen molar-refractivity contribution in [3.8, 4) is 6.07 Å². The maximum absolute atomic E-state index is 10.9. The highest BCUT2D eigenvalue weighted by molar-refractivity contribution is 5.57. The van der Waals surface area contributed by atoms with Crippen molar-refractivity contribution in [2.24, 2.45) is 0 Å². The predicted octanol–water partition coefficient (Wildman–Crippen LogP) is 2.12. The van der Waals surface area contributed by atoms with Gasteiger partial charge in [-0.2, -0.15) is 5.26 Å². The Morgan fingerprint density at radius 3 is 2.88 bits per heavy atom. The van der Waals surface area contributed by atoms with Crippen molar-refractivity contribution < 1.29 is 4.92 Å². The van der Waals surface area contributed by atoms with Crippen molar-refractivity contribution >= 4 is 11.5 Å². The molecule has 0 unspecified atom stereocenters. The molecule has 0 aliphatic heterocycles. The largest absolute Gasteiger partial charge is 0.347 e. The molecule has 0 saturated heterocycles. The first kappa shape index (κ1) is 12.9. The van der Waals surface area contributed by atoms with Crippen LogP contribution in [-0.2, 0) is 0 Å². The molecule has 90 valence electrons. The summed E-state index contributed by atoms with van der Waals surface area (Å²) in [5, 5.41) is 19.5. The summed E-state index contributed by atoms with van der Waals surface area (Å²) < 4.78 is 0. The fourth-order valence-electron chi connectivity index (χ4n) is 1.53. The van der Waals surface area contributed by atoms with Gasteiger partial charge >= 0.3 is 5.69 Å². The van der Waals surface area contributed by atoms with Crippen molar-refractivity contribution in [1.29, 1.82) is 5.26 Å². The van der Waals surface area contributed by atoms with Gasteiger partial charge in [0.15, 0.2) is 0 Å². The van der Waals surface area contributed by atoms with Crippen LogP contribution in [-0.4, -0.2) is 22.5 Å². The summed E-state index contributed by atoms with van der Waals surface area (Å²) in [6, 6.07) is 5.04. The Morgan fingerprint density at radius 1 is 1.65 bits per heavy atom. The number of nitrogens with zero attached hydrogens (tertiary/aromatic N) is 4. The van der Waals surface area contributed by atoms with Gasteiger partial charge in [-0.1, -0.05) is 0 Å². The number of nitriles is 1. The fraction of sp³-hybridized carbons (Fsp3) is 0.455. The number of hydrogen-bond donors (Lipinski definition) is 0. The van der Waals surface area contributed by atoms with Gasteiger partial charge in [-0.3, -0.25) is 10.1 Å². The Balaban J connectivity index is 3.10. The molecule has 17 heavy (non-hydrogen) atoms. The first-order valence-electron chi connectivity index (χ1n) is 5.31. The lowest BCUT2D eigenvalue weighted by molar-refractivity contribution is -0.384. The summed E-state index contributed by atoms with van der Waals surface area (Å²) in [5.41, 5.74) is -0.0286. The summed E-state index contributed by atoms with van der Waals surface area (Å²) in [6.45, 7) is 4.26. The van der Waals surface area contributed by atoms with Crippen molar-refractivity contribution in [3.05, 3.63) is 28.4 Å². The van der Waals surface area contributed by atoms with Gasteiger partial charge in [-0.25, -0.2) is 4.98 Å². The van der Waals surface area contributed by atoms with E-state index in [1.54, 1.807) is 4.90 Å². The standard InChI is InChI=1S/C11H14N4O2/c1-9(2)14(8-4-6-12)11-10(15(16)17)5-3-7-13-11/h3,5,7,9H,4,8H2,1-2H3. The minimum absolute atomic E-state index is 0.0286. The molecule has 6 nitrogen and oxygen atoms in total. The lowest BCUT2D eigenvalue weighted by Crippen LogP contribution is -2.32. The van der Waals surface area contributed by atoms with E-state index in [1.807, 2.05) is 19.9 Å². The maximum atomic E-state index is 10.9. The van der Waals surface area contributed by atoms with E-state index in [9.17, 15) is 10.1 Å². The molecule has 0 aliphatic rings. The summed E-state index contributed by atoms with van der Waals surface area (Å²) in [5.74, 6) is 0.322. The Labute approximate surface area is 99.6 Å². The van der Waals surface area contributed by atoms with Gasteiger partial charge in [0, 0.05) is 24.8 Å². The Kier molecular flexibility index (Phi) is 4.40. The van der Waals surface area contributed by atoms with E-state index in [4.69, 9.17) is 5.26 Å². The van der Waals surface area contributed by atoms with E-state index in [0.717, 1.165) is 0 Å². The highest BCUT2D eigenvalue weighted by atomic mass is 16.6. The third kappa shape index (κ3) is 3.14. The van der Waals surface area contributed by atoms with Crippen LogP contribution in [0.5, 0.6) is 0 Å². The second-order valence-corrected chi connectivity index (χ2v) is 3.80. The Morgan fingerprint density at radius 2 is 2.35 bits per heavy atom. The van der Waals surface area contributed by atoms with Crippen molar-refractivity contribution in [2.75, 3.05) is 11.4 Å². The molecule has 0 aliphatic carbocycles. The van der Waals surface area contributed by atoms with Crippen molar-refractivity contribution in [2.45, 2.75) is 26.3 Å². The molecular weight excluding hydrogens is 220 g/mol. The summed E-state index contributed by atoms with van der Waals surface area (Å²) in [4.78, 5) is 16.3. The zero-order valence-electron chi connectivity index (χ0n) is 9.83. The van der Waals surface area contributed by atoms with Crippen LogP contribution in [0, 0.1) is 21.4 Å². The van der Waals surface area contributed by atoms with Gasteiger partial charge in [-0.15, -0.1) is 0 Å². The first-order chi connectivity index (χ1) is 8.07. The Bertz CT molecular complexity index is 439. The molecule has 6 heteroatoms. The fourth-order valence-corrected chi connectivity index (χ4v) is 1.53. The minimum atomic E-state index is -0.454. The molecule has 0 spiro atoms. The third-order valence-electron chi connectivity index (χ3n) is 2.32. The SMILES string of the molecule is CC(C)N(CCC#N)c1ncccc1[N+](=O)[O-]. The molecule has 0 bridgehead atoms. The predicted molar refractivity (Wildman–Crippen MR) is 63.6 cm³/mol. The topological polar surface area (TPSA) is 83.1 Å². The molecule has 1 rings (SSSR count). The zero-order valence-corrected chi connectivity index (χ0v) is 9.83. The summed E-state index contributed by atoms with van der Waals surface area (Å²) in [6.07, 6.45) is 1.83. The molecule has 0 atom stereocenters. The lowest BCUT2D eigenvalue weighted by Gasteiger charge is -2.26. The molecule has 0 aromatic carbocycles. The first-order valence-corrected chi connectivity index (χ1v) is 5.31. The molecule has 1 aromatic rings. The number of aromatic nitrogens is 1. The average molecular weight is 234 g/mol. The van der Waals surface area contributed by atoms with Crippen LogP contribution in [0.15, 0.2) is 18.3 Å². The van der Waals surface area contributed by atoms with E-state index in [1.165, 1.54) is 18.3 Å². The second kappa shape index (κ2) is 5.80. The lowest BCUT2D eigenvalue weighted by atomic mass is 10.2. The highest BCUT2D eigenvalue weighted by Gasteiger charge is 2.22. The number of rotatable bonds is 5. The molecule has 0 N–H and O–H groups in total. The van der Waals surface area contributed by atoms with E-state index < -0.39 is 4.92 Å². The highest BCUT2D eigenvalue weighted by Crippen LogP contribution is 2.26. The molecule has 0 radical (unpaired) electrons. The summed E-state index contributed by atoms with van der Waals surface area (Å²) in [7, 11) is 0. The van der Waals surface area contributed by atoms with Crippen LogP contribution in [0.2, 0.25) is 0 Å². The molecular formula is C11H14N4O2. The van der Waals surface area contributed by atoms with Crippen LogP contribution < -0.4 is 4.90 Å². The van der Waals surface area contributed by atoms with Gasteiger partial charge in [-0.05, 0) is 19.9 Å². The van der Waals surface area contributed by atoms with Gasteiger partial charge in [0.2, 0.25) is 5.82 Å². The van der Waals surface area contributed by atoms with E-state index in [2.05, 4.69) is 4.98 Å². The number of hydrogen-bond acceptors (Lipinski definition) is 5. The molecule has 0 fully saturated rings. The van der Waals surface area contributed by atoms with Crippen LogP contribution in [0.3, 0.4) is 0 Å². The van der Waals surface area contributed by atoms with Gasteiger partial charge in [0.1, 0.15) is 0 Å². The zero-order chi connectivity index (χ0) is 12.8. The number of nitro groups is 1. The number of anilines is 1. The third-order valence-corrected chi connectivity index (χ3v) is 2.32. The van der Waals surface area contributed by atoms with Gasteiger partial charge < -0.3 is 4.90 Å². The van der Waals surface area contributed by atoms with E-state index in [-0.39, 0.29) is 11.7 Å². The van der Waals surface area contributed by atoms with Gasteiger partial charge in [0.25, 0.3) is 0 Å². The molecule has 0 amide bonds. The van der Waals surface area contributed by atoms with Crippen LogP contribution in [0.25, 0.3) is 0 Å². The minimum Gasteiger partial charge on any atom is -0.347 e. The van der Waals surface area contributed by atoms with Crippen molar-refractivity contribution in [3.63, 3.8) is 0 Å². The van der Waals surface area contributed by atoms with Gasteiger partial charge in [0.05, 0.1) is 17.4 Å². The monoisotopic (exact) mass is 234 g/mol. The average Bonchev–Trinajstić information content (AvgIpc) is 2.29. The normalized spacial score (nSPS) is 10.0. The quantitative estimate of drug-likeness (QED) is 0.575. The molecule has 1 heterocycles.